The predicted molar refractivity (Wildman–Crippen MR) is 77.7 cm³/mol. The highest BCUT2D eigenvalue weighted by Crippen LogP contribution is 2.06. The zero-order valence-corrected chi connectivity index (χ0v) is 11.9. The van der Waals surface area contributed by atoms with Gasteiger partial charge in [-0.2, -0.15) is 20.1 Å². The molecular formula is C12H18N8O. The normalized spacial score (nSPS) is 10.6. The fraction of sp³-hybridized carbons (Fsp3) is 0.417. The quantitative estimate of drug-likeness (QED) is 0.682. The van der Waals surface area contributed by atoms with Gasteiger partial charge in [-0.3, -0.25) is 4.79 Å². The highest BCUT2D eigenvalue weighted by molar-refractivity contribution is 5.76. The van der Waals surface area contributed by atoms with Crippen LogP contribution in [0.4, 0.5) is 11.9 Å². The number of amides is 1. The van der Waals surface area contributed by atoms with E-state index >= 15 is 0 Å². The summed E-state index contributed by atoms with van der Waals surface area (Å²) in [6.07, 6.45) is 3.64. The number of carbonyl (C=O) groups excluding carboxylic acids is 1. The van der Waals surface area contributed by atoms with Crippen LogP contribution in [0.3, 0.4) is 0 Å². The number of aromatic nitrogens is 5. The molecule has 2 heterocycles. The molecule has 2 rings (SSSR count). The van der Waals surface area contributed by atoms with Crippen LogP contribution in [0.2, 0.25) is 0 Å². The maximum atomic E-state index is 11.5. The van der Waals surface area contributed by atoms with Gasteiger partial charge in [0.25, 0.3) is 5.95 Å². The summed E-state index contributed by atoms with van der Waals surface area (Å²) >= 11 is 0. The van der Waals surface area contributed by atoms with Crippen LogP contribution in [0.5, 0.6) is 0 Å². The minimum atomic E-state index is -0.0353. The molecule has 0 saturated carbocycles. The van der Waals surface area contributed by atoms with Crippen molar-refractivity contribution >= 4 is 17.8 Å². The van der Waals surface area contributed by atoms with Gasteiger partial charge in [0.05, 0.1) is 0 Å². The first-order chi connectivity index (χ1) is 10.0. The van der Waals surface area contributed by atoms with E-state index in [1.807, 2.05) is 13.8 Å². The van der Waals surface area contributed by atoms with Crippen molar-refractivity contribution in [2.24, 2.45) is 0 Å². The third kappa shape index (κ3) is 4.41. The lowest BCUT2D eigenvalue weighted by Gasteiger charge is -2.09. The number of hydrogen-bond donors (Lipinski definition) is 3. The summed E-state index contributed by atoms with van der Waals surface area (Å²) in [6, 6.07) is 1.88. The zero-order chi connectivity index (χ0) is 15.2. The van der Waals surface area contributed by atoms with Gasteiger partial charge >= 0.3 is 0 Å². The number of hydrogen-bond acceptors (Lipinski definition) is 7. The topological polar surface area (TPSA) is 124 Å². The molecule has 21 heavy (non-hydrogen) atoms. The molecule has 0 atom stereocenters. The van der Waals surface area contributed by atoms with Crippen LogP contribution in [-0.4, -0.2) is 43.2 Å². The van der Waals surface area contributed by atoms with E-state index in [1.165, 1.54) is 4.68 Å². The lowest BCUT2D eigenvalue weighted by atomic mass is 10.3. The SMILES string of the molecule is CC(C)NC(=O)CCNc1nc(N)nc(-n2cccn2)n1. The minimum absolute atomic E-state index is 0.0353. The summed E-state index contributed by atoms with van der Waals surface area (Å²) in [4.78, 5) is 23.7. The summed E-state index contributed by atoms with van der Waals surface area (Å²) < 4.78 is 1.48. The number of nitrogens with two attached hydrogens (primary N) is 1. The Hall–Kier alpha value is -2.71. The van der Waals surface area contributed by atoms with Crippen molar-refractivity contribution in [3.8, 4) is 5.95 Å². The van der Waals surface area contributed by atoms with Crippen LogP contribution in [0, 0.1) is 0 Å². The standard InChI is InChI=1S/C12H18N8O/c1-8(2)16-9(21)4-6-14-11-17-10(13)18-12(19-11)20-7-3-5-15-20/h3,5,7-8H,4,6H2,1-2H3,(H,16,21)(H3,13,14,17,18,19). The van der Waals surface area contributed by atoms with Crippen LogP contribution in [0.15, 0.2) is 18.5 Å². The molecule has 4 N–H and O–H groups in total. The Bertz CT molecular complexity index is 595. The smallest absolute Gasteiger partial charge is 0.257 e. The lowest BCUT2D eigenvalue weighted by Crippen LogP contribution is -2.31. The van der Waals surface area contributed by atoms with Crippen molar-refractivity contribution in [3.63, 3.8) is 0 Å². The predicted octanol–water partition coefficient (Wildman–Crippen LogP) is -0.0339. The van der Waals surface area contributed by atoms with E-state index in [0.29, 0.717) is 24.9 Å². The summed E-state index contributed by atoms with van der Waals surface area (Å²) in [7, 11) is 0. The fourth-order valence-corrected chi connectivity index (χ4v) is 1.63. The first-order valence-corrected chi connectivity index (χ1v) is 6.59. The molecule has 0 bridgehead atoms. The van der Waals surface area contributed by atoms with Gasteiger partial charge in [-0.1, -0.05) is 0 Å². The Morgan fingerprint density at radius 2 is 2.19 bits per heavy atom. The highest BCUT2D eigenvalue weighted by Gasteiger charge is 2.07. The molecule has 0 fully saturated rings. The number of nitrogens with zero attached hydrogens (tertiary/aromatic N) is 5. The number of nitrogens with one attached hydrogen (secondary N) is 2. The molecule has 1 amide bonds. The average Bonchev–Trinajstić information content (AvgIpc) is 2.91. The first-order valence-electron chi connectivity index (χ1n) is 6.59. The van der Waals surface area contributed by atoms with Gasteiger partial charge in [0.2, 0.25) is 17.8 Å². The second kappa shape index (κ2) is 6.64. The first kappa shape index (κ1) is 14.7. The summed E-state index contributed by atoms with van der Waals surface area (Å²) in [5.41, 5.74) is 5.64. The monoisotopic (exact) mass is 290 g/mol. The van der Waals surface area contributed by atoms with E-state index in [0.717, 1.165) is 0 Å². The average molecular weight is 290 g/mol. The summed E-state index contributed by atoms with van der Waals surface area (Å²) in [5, 5.41) is 9.78. The van der Waals surface area contributed by atoms with Crippen molar-refractivity contribution < 1.29 is 4.79 Å². The van der Waals surface area contributed by atoms with Gasteiger partial charge in [-0.25, -0.2) is 4.68 Å². The Morgan fingerprint density at radius 3 is 2.86 bits per heavy atom. The molecule has 0 unspecified atom stereocenters. The van der Waals surface area contributed by atoms with Crippen LogP contribution >= 0.6 is 0 Å². The Kier molecular flexibility index (Phi) is 4.64. The molecule has 0 spiro atoms. The van der Waals surface area contributed by atoms with E-state index in [1.54, 1.807) is 18.5 Å². The Balaban J connectivity index is 1.96. The van der Waals surface area contributed by atoms with Gasteiger partial charge in [-0.15, -0.1) is 0 Å². The maximum Gasteiger partial charge on any atom is 0.257 e. The maximum absolute atomic E-state index is 11.5. The Morgan fingerprint density at radius 1 is 1.38 bits per heavy atom. The van der Waals surface area contributed by atoms with Crippen LogP contribution < -0.4 is 16.4 Å². The molecule has 9 heteroatoms. The van der Waals surface area contributed by atoms with E-state index in [2.05, 4.69) is 30.7 Å². The minimum Gasteiger partial charge on any atom is -0.368 e. The van der Waals surface area contributed by atoms with Crippen molar-refractivity contribution in [3.05, 3.63) is 18.5 Å². The zero-order valence-electron chi connectivity index (χ0n) is 11.9. The Labute approximate surface area is 122 Å². The van der Waals surface area contributed by atoms with Crippen molar-refractivity contribution in [1.29, 1.82) is 0 Å². The number of rotatable bonds is 6. The van der Waals surface area contributed by atoms with Gasteiger partial charge < -0.3 is 16.4 Å². The second-order valence-corrected chi connectivity index (χ2v) is 4.67. The fourth-order valence-electron chi connectivity index (χ4n) is 1.63. The number of nitrogen functional groups attached to an aromatic ring is 1. The van der Waals surface area contributed by atoms with Gasteiger partial charge in [0.15, 0.2) is 0 Å². The van der Waals surface area contributed by atoms with Crippen LogP contribution in [-0.2, 0) is 4.79 Å². The van der Waals surface area contributed by atoms with Crippen LogP contribution in [0.1, 0.15) is 20.3 Å². The molecule has 0 saturated heterocycles. The van der Waals surface area contributed by atoms with Crippen LogP contribution in [0.25, 0.3) is 5.95 Å². The molecule has 0 aliphatic rings. The summed E-state index contributed by atoms with van der Waals surface area (Å²) in [5.74, 6) is 0.684. The molecule has 0 aromatic carbocycles. The molecule has 2 aromatic rings. The molecule has 0 radical (unpaired) electrons. The molecule has 0 aliphatic heterocycles. The van der Waals surface area contributed by atoms with Crippen molar-refractivity contribution in [2.45, 2.75) is 26.3 Å². The summed E-state index contributed by atoms with van der Waals surface area (Å²) in [6.45, 7) is 4.23. The van der Waals surface area contributed by atoms with Crippen molar-refractivity contribution in [2.75, 3.05) is 17.6 Å². The molecule has 112 valence electrons. The molecule has 2 aromatic heterocycles. The van der Waals surface area contributed by atoms with E-state index in [9.17, 15) is 4.79 Å². The van der Waals surface area contributed by atoms with E-state index < -0.39 is 0 Å². The van der Waals surface area contributed by atoms with E-state index in [4.69, 9.17) is 5.73 Å². The third-order valence-electron chi connectivity index (χ3n) is 2.44. The van der Waals surface area contributed by atoms with Gasteiger partial charge in [0, 0.05) is 31.4 Å². The third-order valence-corrected chi connectivity index (χ3v) is 2.44. The number of carbonyl (C=O) groups is 1. The van der Waals surface area contributed by atoms with Gasteiger partial charge in [0.1, 0.15) is 0 Å². The molecule has 0 aliphatic carbocycles. The van der Waals surface area contributed by atoms with E-state index in [-0.39, 0.29) is 17.9 Å². The second-order valence-electron chi connectivity index (χ2n) is 4.67. The highest BCUT2D eigenvalue weighted by atomic mass is 16.1. The van der Waals surface area contributed by atoms with Crippen molar-refractivity contribution in [1.82, 2.24) is 30.0 Å². The molecular weight excluding hydrogens is 272 g/mol. The van der Waals surface area contributed by atoms with Gasteiger partial charge in [-0.05, 0) is 19.9 Å². The largest absolute Gasteiger partial charge is 0.368 e. The molecule has 9 nitrogen and oxygen atoms in total. The number of anilines is 2. The lowest BCUT2D eigenvalue weighted by molar-refractivity contribution is -0.121.